The summed E-state index contributed by atoms with van der Waals surface area (Å²) < 4.78 is 37.2. The second-order valence-electron chi connectivity index (χ2n) is 5.22. The van der Waals surface area contributed by atoms with Crippen LogP contribution in [0.2, 0.25) is 5.02 Å². The number of halogens is 3. The summed E-state index contributed by atoms with van der Waals surface area (Å²) in [6.45, 7) is 3.87. The highest BCUT2D eigenvalue weighted by Crippen LogP contribution is 2.27. The van der Waals surface area contributed by atoms with Crippen LogP contribution in [0.15, 0.2) is 59.7 Å². The van der Waals surface area contributed by atoms with Gasteiger partial charge in [-0.2, -0.15) is 0 Å². The molecule has 2 aromatic carbocycles. The minimum atomic E-state index is -1.12. The number of aliphatic imine (C=N–C) groups is 1. The highest BCUT2D eigenvalue weighted by molar-refractivity contribution is 6.34. The van der Waals surface area contributed by atoms with E-state index in [9.17, 15) is 13.6 Å². The van der Waals surface area contributed by atoms with Gasteiger partial charge in [-0.25, -0.2) is 18.6 Å². The van der Waals surface area contributed by atoms with Crippen molar-refractivity contribution >= 4 is 29.5 Å². The molecule has 132 valence electrons. The Labute approximate surface area is 153 Å². The summed E-state index contributed by atoms with van der Waals surface area (Å²) in [4.78, 5) is 16.1. The standard InChI is InChI=1S/C19H12ClF2NO3/c1-2-7-25-17-6-4-3-5-11(17)8-16-19(24)26-18(23-16)12-9-14(21)15(22)10-13(12)20/h2-6,8-10H,1,7H2/b16-8+. The Morgan fingerprint density at radius 1 is 1.23 bits per heavy atom. The van der Waals surface area contributed by atoms with Crippen LogP contribution in [0.4, 0.5) is 8.78 Å². The number of hydrogen-bond acceptors (Lipinski definition) is 4. The van der Waals surface area contributed by atoms with Gasteiger partial charge in [0.1, 0.15) is 12.4 Å². The number of nitrogens with zero attached hydrogens (tertiary/aromatic N) is 1. The average Bonchev–Trinajstić information content (AvgIpc) is 2.98. The van der Waals surface area contributed by atoms with E-state index in [1.54, 1.807) is 30.3 Å². The molecule has 0 saturated carbocycles. The van der Waals surface area contributed by atoms with Gasteiger partial charge in [0.15, 0.2) is 17.3 Å². The molecule has 0 amide bonds. The van der Waals surface area contributed by atoms with Gasteiger partial charge in [-0.3, -0.25) is 0 Å². The first-order chi connectivity index (χ1) is 12.5. The smallest absolute Gasteiger partial charge is 0.363 e. The lowest BCUT2D eigenvalue weighted by Gasteiger charge is -2.06. The molecule has 1 heterocycles. The van der Waals surface area contributed by atoms with Crippen molar-refractivity contribution in [3.8, 4) is 5.75 Å². The molecule has 0 saturated heterocycles. The van der Waals surface area contributed by atoms with Crippen molar-refractivity contribution in [2.75, 3.05) is 6.61 Å². The minimum Gasteiger partial charge on any atom is -0.489 e. The zero-order valence-corrected chi connectivity index (χ0v) is 14.1. The first kappa shape index (κ1) is 17.8. The van der Waals surface area contributed by atoms with Crippen molar-refractivity contribution in [3.05, 3.63) is 82.5 Å². The molecule has 0 aliphatic carbocycles. The van der Waals surface area contributed by atoms with Crippen LogP contribution in [-0.4, -0.2) is 18.5 Å². The second kappa shape index (κ2) is 7.49. The zero-order valence-electron chi connectivity index (χ0n) is 13.3. The number of para-hydroxylation sites is 1. The number of rotatable bonds is 5. The minimum absolute atomic E-state index is 0.0153. The Morgan fingerprint density at radius 3 is 2.73 bits per heavy atom. The molecule has 0 spiro atoms. The molecule has 7 heteroatoms. The summed E-state index contributed by atoms with van der Waals surface area (Å²) in [5.41, 5.74) is 0.566. The summed E-state index contributed by atoms with van der Waals surface area (Å²) >= 11 is 5.89. The Morgan fingerprint density at radius 2 is 1.96 bits per heavy atom. The van der Waals surface area contributed by atoms with Crippen LogP contribution in [0, 0.1) is 11.6 Å². The molecule has 4 nitrogen and oxygen atoms in total. The molecule has 0 radical (unpaired) electrons. The quantitative estimate of drug-likeness (QED) is 0.334. The molecule has 0 aromatic heterocycles. The van der Waals surface area contributed by atoms with Gasteiger partial charge < -0.3 is 9.47 Å². The Hall–Kier alpha value is -2.99. The van der Waals surface area contributed by atoms with Crippen LogP contribution in [0.25, 0.3) is 6.08 Å². The third kappa shape index (κ3) is 3.65. The average molecular weight is 376 g/mol. The summed E-state index contributed by atoms with van der Waals surface area (Å²) in [7, 11) is 0. The fourth-order valence-electron chi connectivity index (χ4n) is 2.24. The van der Waals surface area contributed by atoms with E-state index >= 15 is 0 Å². The molecular formula is C19H12ClF2NO3. The van der Waals surface area contributed by atoms with E-state index < -0.39 is 17.6 Å². The second-order valence-corrected chi connectivity index (χ2v) is 5.63. The third-order valence-electron chi connectivity index (χ3n) is 3.43. The van der Waals surface area contributed by atoms with Crippen LogP contribution in [0.5, 0.6) is 5.75 Å². The van der Waals surface area contributed by atoms with Gasteiger partial charge in [-0.15, -0.1) is 0 Å². The van der Waals surface area contributed by atoms with Crippen molar-refractivity contribution in [3.63, 3.8) is 0 Å². The monoisotopic (exact) mass is 375 g/mol. The Kier molecular flexibility index (Phi) is 5.14. The van der Waals surface area contributed by atoms with Crippen molar-refractivity contribution < 1.29 is 23.0 Å². The zero-order chi connectivity index (χ0) is 18.7. The fourth-order valence-corrected chi connectivity index (χ4v) is 2.47. The lowest BCUT2D eigenvalue weighted by Crippen LogP contribution is -2.07. The van der Waals surface area contributed by atoms with Gasteiger partial charge in [-0.05, 0) is 24.3 Å². The first-order valence-electron chi connectivity index (χ1n) is 7.50. The molecule has 0 bridgehead atoms. The number of hydrogen-bond donors (Lipinski definition) is 0. The summed E-state index contributed by atoms with van der Waals surface area (Å²) in [5, 5.41) is -0.119. The molecular weight excluding hydrogens is 364 g/mol. The lowest BCUT2D eigenvalue weighted by atomic mass is 10.1. The number of ether oxygens (including phenoxy) is 2. The Balaban J connectivity index is 1.98. The van der Waals surface area contributed by atoms with E-state index in [0.29, 0.717) is 17.9 Å². The van der Waals surface area contributed by atoms with E-state index in [-0.39, 0.29) is 22.2 Å². The number of carbonyl (C=O) groups excluding carboxylic acids is 1. The van der Waals surface area contributed by atoms with Crippen molar-refractivity contribution in [2.24, 2.45) is 4.99 Å². The van der Waals surface area contributed by atoms with Crippen molar-refractivity contribution in [1.82, 2.24) is 0 Å². The number of cyclic esters (lactones) is 1. The van der Waals surface area contributed by atoms with Crippen LogP contribution in [-0.2, 0) is 9.53 Å². The van der Waals surface area contributed by atoms with Crippen LogP contribution < -0.4 is 4.74 Å². The van der Waals surface area contributed by atoms with Crippen LogP contribution in [0.1, 0.15) is 11.1 Å². The molecule has 0 N–H and O–H groups in total. The van der Waals surface area contributed by atoms with Crippen LogP contribution >= 0.6 is 11.6 Å². The molecule has 3 rings (SSSR count). The first-order valence-corrected chi connectivity index (χ1v) is 7.87. The van der Waals surface area contributed by atoms with Gasteiger partial charge in [0.25, 0.3) is 0 Å². The van der Waals surface area contributed by atoms with Crippen molar-refractivity contribution in [1.29, 1.82) is 0 Å². The van der Waals surface area contributed by atoms with E-state index in [4.69, 9.17) is 21.1 Å². The number of carbonyl (C=O) groups is 1. The molecule has 0 fully saturated rings. The van der Waals surface area contributed by atoms with E-state index in [0.717, 1.165) is 12.1 Å². The van der Waals surface area contributed by atoms with Crippen LogP contribution in [0.3, 0.4) is 0 Å². The molecule has 1 aliphatic heterocycles. The maximum absolute atomic E-state index is 13.5. The van der Waals surface area contributed by atoms with Gasteiger partial charge in [0.2, 0.25) is 5.90 Å². The Bertz CT molecular complexity index is 954. The molecule has 1 aliphatic rings. The van der Waals surface area contributed by atoms with Crippen molar-refractivity contribution in [2.45, 2.75) is 0 Å². The predicted molar refractivity (Wildman–Crippen MR) is 94.1 cm³/mol. The maximum Gasteiger partial charge on any atom is 0.363 e. The summed E-state index contributed by atoms with van der Waals surface area (Å²) in [6, 6.07) is 8.63. The van der Waals surface area contributed by atoms with E-state index in [1.165, 1.54) is 6.08 Å². The third-order valence-corrected chi connectivity index (χ3v) is 3.74. The topological polar surface area (TPSA) is 47.9 Å². The lowest BCUT2D eigenvalue weighted by molar-refractivity contribution is -0.129. The molecule has 2 aromatic rings. The molecule has 26 heavy (non-hydrogen) atoms. The molecule has 0 atom stereocenters. The highest BCUT2D eigenvalue weighted by atomic mass is 35.5. The largest absolute Gasteiger partial charge is 0.489 e. The fraction of sp³-hybridized carbons (Fsp3) is 0.0526. The SMILES string of the molecule is C=CCOc1ccccc1/C=C1/N=C(c2cc(F)c(F)cc2Cl)OC1=O. The van der Waals surface area contributed by atoms with E-state index in [1.807, 2.05) is 0 Å². The van der Waals surface area contributed by atoms with Gasteiger partial charge in [0.05, 0.1) is 10.6 Å². The predicted octanol–water partition coefficient (Wildman–Crippen LogP) is 4.53. The van der Waals surface area contributed by atoms with Gasteiger partial charge in [0, 0.05) is 5.56 Å². The van der Waals surface area contributed by atoms with E-state index in [2.05, 4.69) is 11.6 Å². The summed E-state index contributed by atoms with van der Waals surface area (Å²) in [5.74, 6) is -2.63. The normalized spacial score (nSPS) is 15.0. The highest BCUT2D eigenvalue weighted by Gasteiger charge is 2.27. The number of benzene rings is 2. The number of esters is 1. The summed E-state index contributed by atoms with van der Waals surface area (Å²) in [6.07, 6.45) is 3.07. The van der Waals surface area contributed by atoms with Gasteiger partial charge >= 0.3 is 5.97 Å². The molecule has 0 unspecified atom stereocenters. The van der Waals surface area contributed by atoms with Gasteiger partial charge in [-0.1, -0.05) is 42.5 Å². The maximum atomic E-state index is 13.5.